The molecule has 1 aromatic heterocycles. The Kier molecular flexibility index (Phi) is 4.95. The smallest absolute Gasteiger partial charge is 0.266 e. The lowest BCUT2D eigenvalue weighted by Gasteiger charge is -2.41. The Morgan fingerprint density at radius 1 is 1.38 bits per heavy atom. The van der Waals surface area contributed by atoms with E-state index in [4.69, 9.17) is 0 Å². The molecule has 1 unspecified atom stereocenters. The monoisotopic (exact) mass is 349 g/mol. The molecule has 2 aliphatic rings. The molecule has 2 heterocycles. The van der Waals surface area contributed by atoms with Crippen LogP contribution in [0.4, 0.5) is 0 Å². The highest BCUT2D eigenvalue weighted by molar-refractivity contribution is 7.11. The normalized spacial score (nSPS) is 22.8. The number of carbonyl (C=O) groups is 2. The molecule has 132 valence electrons. The van der Waals surface area contributed by atoms with Gasteiger partial charge in [0.2, 0.25) is 5.91 Å². The van der Waals surface area contributed by atoms with Gasteiger partial charge in [0.25, 0.3) is 5.91 Å². The zero-order valence-corrected chi connectivity index (χ0v) is 15.7. The molecule has 0 bridgehead atoms. The molecular formula is C18H27N3O2S. The van der Waals surface area contributed by atoms with E-state index >= 15 is 0 Å². The van der Waals surface area contributed by atoms with Gasteiger partial charge in [-0.1, -0.05) is 19.3 Å². The first-order chi connectivity index (χ1) is 11.5. The third-order valence-corrected chi connectivity index (χ3v) is 6.64. The third-order valence-electron chi connectivity index (χ3n) is 5.73. The molecule has 0 N–H and O–H groups in total. The summed E-state index contributed by atoms with van der Waals surface area (Å²) >= 11 is 1.41. The van der Waals surface area contributed by atoms with Crippen LogP contribution in [-0.4, -0.2) is 51.3 Å². The van der Waals surface area contributed by atoms with E-state index in [1.807, 2.05) is 18.7 Å². The number of amides is 2. The van der Waals surface area contributed by atoms with E-state index in [0.717, 1.165) is 29.8 Å². The fourth-order valence-electron chi connectivity index (χ4n) is 4.58. The maximum Gasteiger partial charge on any atom is 0.266 e. The number of rotatable bonds is 3. The number of carbonyl (C=O) groups excluding carboxylic acids is 2. The van der Waals surface area contributed by atoms with Gasteiger partial charge < -0.3 is 9.80 Å². The second-order valence-corrected chi connectivity index (χ2v) is 7.99. The highest BCUT2D eigenvalue weighted by atomic mass is 32.1. The van der Waals surface area contributed by atoms with E-state index in [9.17, 15) is 9.59 Å². The summed E-state index contributed by atoms with van der Waals surface area (Å²) in [5.41, 5.74) is 2.51. The first-order valence-electron chi connectivity index (χ1n) is 8.98. The minimum absolute atomic E-state index is 0.0226. The van der Waals surface area contributed by atoms with E-state index in [1.54, 1.807) is 12.4 Å². The molecule has 6 heteroatoms. The van der Waals surface area contributed by atoms with Gasteiger partial charge in [-0.15, -0.1) is 11.3 Å². The predicted octanol–water partition coefficient (Wildman–Crippen LogP) is 3.24. The summed E-state index contributed by atoms with van der Waals surface area (Å²) in [7, 11) is 0. The fourth-order valence-corrected chi connectivity index (χ4v) is 5.34. The highest BCUT2D eigenvalue weighted by Gasteiger charge is 2.49. The summed E-state index contributed by atoms with van der Waals surface area (Å²) < 4.78 is 0. The standard InChI is InChI=1S/C18H27N3O2S/c1-4-20(17(23)16-13(2)19-12-24-16)15-10-18(8-6-5-7-9-18)21(11-15)14(3)22/h12,15H,4-11H2,1-3H3. The number of aromatic nitrogens is 1. The van der Waals surface area contributed by atoms with E-state index in [0.29, 0.717) is 13.1 Å². The van der Waals surface area contributed by atoms with Crippen molar-refractivity contribution in [3.8, 4) is 0 Å². The Bertz CT molecular complexity index is 622. The van der Waals surface area contributed by atoms with Gasteiger partial charge in [-0.2, -0.15) is 0 Å². The summed E-state index contributed by atoms with van der Waals surface area (Å²) in [6.07, 6.45) is 6.70. The van der Waals surface area contributed by atoms with Crippen LogP contribution in [0.15, 0.2) is 5.51 Å². The van der Waals surface area contributed by atoms with Gasteiger partial charge in [0.15, 0.2) is 0 Å². The van der Waals surface area contributed by atoms with Crippen molar-refractivity contribution in [2.24, 2.45) is 0 Å². The summed E-state index contributed by atoms with van der Waals surface area (Å²) in [5.74, 6) is 0.218. The predicted molar refractivity (Wildman–Crippen MR) is 95.2 cm³/mol. The first kappa shape index (κ1) is 17.4. The van der Waals surface area contributed by atoms with E-state index in [-0.39, 0.29) is 23.4 Å². The van der Waals surface area contributed by atoms with Gasteiger partial charge in [-0.25, -0.2) is 4.98 Å². The van der Waals surface area contributed by atoms with Gasteiger partial charge >= 0.3 is 0 Å². The number of likely N-dealkylation sites (tertiary alicyclic amines) is 1. The molecule has 2 fully saturated rings. The van der Waals surface area contributed by atoms with Crippen LogP contribution in [0.5, 0.6) is 0 Å². The van der Waals surface area contributed by atoms with E-state index < -0.39 is 0 Å². The molecule has 1 aromatic rings. The van der Waals surface area contributed by atoms with Gasteiger partial charge in [0.1, 0.15) is 4.88 Å². The molecule has 1 saturated carbocycles. The van der Waals surface area contributed by atoms with Crippen molar-refractivity contribution < 1.29 is 9.59 Å². The van der Waals surface area contributed by atoms with Crippen molar-refractivity contribution >= 4 is 23.2 Å². The van der Waals surface area contributed by atoms with Crippen LogP contribution in [0.2, 0.25) is 0 Å². The van der Waals surface area contributed by atoms with Crippen molar-refractivity contribution in [3.63, 3.8) is 0 Å². The molecule has 1 spiro atoms. The minimum Gasteiger partial charge on any atom is -0.335 e. The molecule has 24 heavy (non-hydrogen) atoms. The molecular weight excluding hydrogens is 322 g/mol. The quantitative estimate of drug-likeness (QED) is 0.842. The lowest BCUT2D eigenvalue weighted by Crippen LogP contribution is -2.47. The second-order valence-electron chi connectivity index (χ2n) is 7.13. The second kappa shape index (κ2) is 6.82. The van der Waals surface area contributed by atoms with Gasteiger partial charge in [-0.3, -0.25) is 9.59 Å². The maximum absolute atomic E-state index is 13.0. The topological polar surface area (TPSA) is 53.5 Å². The molecule has 0 aromatic carbocycles. The Morgan fingerprint density at radius 2 is 2.08 bits per heavy atom. The number of likely N-dealkylation sites (N-methyl/N-ethyl adjacent to an activating group) is 1. The molecule has 1 aliphatic heterocycles. The van der Waals surface area contributed by atoms with Crippen molar-refractivity contribution in [1.29, 1.82) is 0 Å². The van der Waals surface area contributed by atoms with Crippen LogP contribution >= 0.6 is 11.3 Å². The van der Waals surface area contributed by atoms with Crippen LogP contribution in [-0.2, 0) is 4.79 Å². The summed E-state index contributed by atoms with van der Waals surface area (Å²) in [5, 5.41) is 0. The first-order valence-corrected chi connectivity index (χ1v) is 9.86. The lowest BCUT2D eigenvalue weighted by molar-refractivity contribution is -0.134. The molecule has 0 radical (unpaired) electrons. The average Bonchev–Trinajstić information content (AvgIpc) is 3.13. The number of nitrogens with zero attached hydrogens (tertiary/aromatic N) is 3. The number of hydrogen-bond donors (Lipinski definition) is 0. The minimum atomic E-state index is -0.0226. The Balaban J connectivity index is 1.84. The van der Waals surface area contributed by atoms with Gasteiger partial charge in [0, 0.05) is 25.6 Å². The molecule has 3 rings (SSSR count). The molecule has 1 saturated heterocycles. The fraction of sp³-hybridized carbons (Fsp3) is 0.722. The molecule has 2 amide bonds. The van der Waals surface area contributed by atoms with Crippen molar-refractivity contribution in [2.75, 3.05) is 13.1 Å². The summed E-state index contributed by atoms with van der Waals surface area (Å²) in [6, 6.07) is 0.117. The Hall–Kier alpha value is -1.43. The van der Waals surface area contributed by atoms with Crippen molar-refractivity contribution in [2.45, 2.75) is 70.9 Å². The molecule has 1 atom stereocenters. The Morgan fingerprint density at radius 3 is 2.62 bits per heavy atom. The van der Waals surface area contributed by atoms with Crippen LogP contribution < -0.4 is 0 Å². The summed E-state index contributed by atoms with van der Waals surface area (Å²) in [4.78, 5) is 34.2. The van der Waals surface area contributed by atoms with Crippen molar-refractivity contribution in [1.82, 2.24) is 14.8 Å². The summed E-state index contributed by atoms with van der Waals surface area (Å²) in [6.45, 7) is 6.93. The average molecular weight is 350 g/mol. The van der Waals surface area contributed by atoms with Gasteiger partial charge in [0.05, 0.1) is 17.2 Å². The van der Waals surface area contributed by atoms with Crippen LogP contribution in [0.25, 0.3) is 0 Å². The molecule has 1 aliphatic carbocycles. The van der Waals surface area contributed by atoms with Crippen molar-refractivity contribution in [3.05, 3.63) is 16.1 Å². The van der Waals surface area contributed by atoms with Crippen LogP contribution in [0.1, 0.15) is 67.7 Å². The van der Waals surface area contributed by atoms with Crippen LogP contribution in [0, 0.1) is 6.92 Å². The third kappa shape index (κ3) is 2.96. The van der Waals surface area contributed by atoms with Gasteiger partial charge in [-0.05, 0) is 33.1 Å². The van der Waals surface area contributed by atoms with E-state index in [1.165, 1.54) is 30.6 Å². The van der Waals surface area contributed by atoms with E-state index in [2.05, 4.69) is 9.88 Å². The maximum atomic E-state index is 13.0. The highest BCUT2D eigenvalue weighted by Crippen LogP contribution is 2.43. The zero-order valence-electron chi connectivity index (χ0n) is 14.9. The number of thiazole rings is 1. The largest absolute Gasteiger partial charge is 0.335 e. The number of hydrogen-bond acceptors (Lipinski definition) is 4. The zero-order chi connectivity index (χ0) is 17.3. The number of aryl methyl sites for hydroxylation is 1. The Labute approximate surface area is 148 Å². The lowest BCUT2D eigenvalue weighted by atomic mass is 9.79. The van der Waals surface area contributed by atoms with Crippen LogP contribution in [0.3, 0.4) is 0 Å². The SMILES string of the molecule is CCN(C(=O)c1scnc1C)C1CN(C(C)=O)C2(CCCCC2)C1. The molecule has 5 nitrogen and oxygen atoms in total.